The predicted octanol–water partition coefficient (Wildman–Crippen LogP) is 3.28. The van der Waals surface area contributed by atoms with Gasteiger partial charge in [-0.15, -0.1) is 0 Å². The molecule has 7 heteroatoms. The summed E-state index contributed by atoms with van der Waals surface area (Å²) < 4.78 is 37.9. The highest BCUT2D eigenvalue weighted by Crippen LogP contribution is 2.23. The molecule has 2 aromatic rings. The van der Waals surface area contributed by atoms with Gasteiger partial charge in [-0.05, 0) is 37.3 Å². The van der Waals surface area contributed by atoms with Gasteiger partial charge < -0.3 is 5.32 Å². The summed E-state index contributed by atoms with van der Waals surface area (Å²) in [7, 11) is -3.99. The monoisotopic (exact) mass is 341 g/mol. The Morgan fingerprint density at radius 1 is 1.18 bits per heavy atom. The molecule has 0 aliphatic carbocycles. The number of anilines is 1. The van der Waals surface area contributed by atoms with Crippen molar-refractivity contribution in [2.75, 3.05) is 5.32 Å². The van der Waals surface area contributed by atoms with Crippen LogP contribution in [0.15, 0.2) is 53.4 Å². The molecule has 0 saturated carbocycles. The highest BCUT2D eigenvalue weighted by Gasteiger charge is 2.30. The van der Waals surface area contributed by atoms with Gasteiger partial charge >= 0.3 is 0 Å². The lowest BCUT2D eigenvalue weighted by atomic mass is 10.3. The van der Waals surface area contributed by atoms with Crippen LogP contribution in [0.1, 0.15) is 6.92 Å². The number of amides is 1. The molecule has 0 saturated heterocycles. The van der Waals surface area contributed by atoms with Crippen LogP contribution in [0, 0.1) is 5.82 Å². The van der Waals surface area contributed by atoms with Crippen LogP contribution in [-0.2, 0) is 14.6 Å². The topological polar surface area (TPSA) is 63.2 Å². The van der Waals surface area contributed by atoms with Crippen molar-refractivity contribution in [3.63, 3.8) is 0 Å². The predicted molar refractivity (Wildman–Crippen MR) is 83.1 cm³/mol. The Balaban J connectivity index is 2.25. The van der Waals surface area contributed by atoms with Crippen LogP contribution in [0.4, 0.5) is 10.1 Å². The third kappa shape index (κ3) is 3.45. The van der Waals surface area contributed by atoms with E-state index < -0.39 is 26.8 Å². The van der Waals surface area contributed by atoms with Gasteiger partial charge in [0.1, 0.15) is 11.1 Å². The van der Waals surface area contributed by atoms with Crippen molar-refractivity contribution in [2.24, 2.45) is 0 Å². The lowest BCUT2D eigenvalue weighted by Crippen LogP contribution is -2.32. The minimum Gasteiger partial charge on any atom is -0.324 e. The van der Waals surface area contributed by atoms with E-state index in [1.807, 2.05) is 0 Å². The number of halogens is 2. The van der Waals surface area contributed by atoms with Crippen molar-refractivity contribution in [1.29, 1.82) is 0 Å². The third-order valence-corrected chi connectivity index (χ3v) is 5.48. The van der Waals surface area contributed by atoms with E-state index in [1.165, 1.54) is 19.1 Å². The van der Waals surface area contributed by atoms with E-state index in [0.29, 0.717) is 10.7 Å². The first-order valence-corrected chi connectivity index (χ1v) is 8.29. The standard InChI is InChI=1S/C15H13ClFNO3S/c1-10(15(19)18-14-8-3-2-7-13(14)16)22(20,21)12-6-4-5-11(17)9-12/h2-10H,1H3,(H,18,19)/t10-/m0/s1. The second kappa shape index (κ2) is 6.46. The fourth-order valence-corrected chi connectivity index (χ4v) is 3.26. The maximum Gasteiger partial charge on any atom is 0.242 e. The number of benzene rings is 2. The molecule has 4 nitrogen and oxygen atoms in total. The summed E-state index contributed by atoms with van der Waals surface area (Å²) in [5, 5.41) is 1.37. The Kier molecular flexibility index (Phi) is 4.83. The van der Waals surface area contributed by atoms with Gasteiger partial charge in [0.05, 0.1) is 15.6 Å². The number of sulfone groups is 1. The summed E-state index contributed by atoms with van der Waals surface area (Å²) in [5.41, 5.74) is 0.315. The molecule has 0 fully saturated rings. The molecule has 1 atom stereocenters. The molecule has 0 aliphatic rings. The number of carbonyl (C=O) groups excluding carboxylic acids is 1. The first-order chi connectivity index (χ1) is 10.3. The van der Waals surface area contributed by atoms with E-state index in [2.05, 4.69) is 5.32 Å². The van der Waals surface area contributed by atoms with Crippen molar-refractivity contribution in [2.45, 2.75) is 17.1 Å². The zero-order valence-electron chi connectivity index (χ0n) is 11.6. The highest BCUT2D eigenvalue weighted by atomic mass is 35.5. The van der Waals surface area contributed by atoms with E-state index in [0.717, 1.165) is 12.1 Å². The van der Waals surface area contributed by atoms with Gasteiger partial charge in [-0.2, -0.15) is 0 Å². The molecule has 0 spiro atoms. The largest absolute Gasteiger partial charge is 0.324 e. The number of nitrogens with one attached hydrogen (secondary N) is 1. The number of hydrogen-bond acceptors (Lipinski definition) is 3. The van der Waals surface area contributed by atoms with Crippen molar-refractivity contribution >= 4 is 33.0 Å². The highest BCUT2D eigenvalue weighted by molar-refractivity contribution is 7.92. The minimum atomic E-state index is -3.99. The molecule has 2 aromatic carbocycles. The summed E-state index contributed by atoms with van der Waals surface area (Å²) in [6.07, 6.45) is 0. The number of rotatable bonds is 4. The van der Waals surface area contributed by atoms with Gasteiger partial charge in [-0.1, -0.05) is 29.8 Å². The van der Waals surface area contributed by atoms with Crippen LogP contribution in [0.3, 0.4) is 0 Å². The molecule has 0 unspecified atom stereocenters. The molecule has 0 aromatic heterocycles. The van der Waals surface area contributed by atoms with Gasteiger partial charge in [0.2, 0.25) is 5.91 Å². The number of para-hydroxylation sites is 1. The molecule has 116 valence electrons. The van der Waals surface area contributed by atoms with Crippen LogP contribution in [-0.4, -0.2) is 19.6 Å². The van der Waals surface area contributed by atoms with Gasteiger partial charge in [0, 0.05) is 0 Å². The van der Waals surface area contributed by atoms with Crippen molar-refractivity contribution in [3.8, 4) is 0 Å². The zero-order chi connectivity index (χ0) is 16.3. The fraction of sp³-hybridized carbons (Fsp3) is 0.133. The minimum absolute atomic E-state index is 0.241. The van der Waals surface area contributed by atoms with E-state index in [4.69, 9.17) is 11.6 Å². The SMILES string of the molecule is C[C@@H](C(=O)Nc1ccccc1Cl)S(=O)(=O)c1cccc(F)c1. The summed E-state index contributed by atoms with van der Waals surface area (Å²) in [6.45, 7) is 1.24. The van der Waals surface area contributed by atoms with Crippen molar-refractivity contribution < 1.29 is 17.6 Å². The summed E-state index contributed by atoms with van der Waals surface area (Å²) >= 11 is 5.91. The molecule has 22 heavy (non-hydrogen) atoms. The molecule has 0 aliphatic heterocycles. The van der Waals surface area contributed by atoms with Crippen LogP contribution in [0.2, 0.25) is 5.02 Å². The van der Waals surface area contributed by atoms with Crippen LogP contribution < -0.4 is 5.32 Å². The van der Waals surface area contributed by atoms with E-state index >= 15 is 0 Å². The summed E-state index contributed by atoms with van der Waals surface area (Å²) in [6, 6.07) is 11.0. The Labute approximate surface area is 132 Å². The first-order valence-electron chi connectivity index (χ1n) is 6.37. The lowest BCUT2D eigenvalue weighted by Gasteiger charge is -2.14. The second-order valence-corrected chi connectivity index (χ2v) is 7.29. The van der Waals surface area contributed by atoms with Gasteiger partial charge in [0.25, 0.3) is 0 Å². The Morgan fingerprint density at radius 3 is 2.50 bits per heavy atom. The van der Waals surface area contributed by atoms with Crippen LogP contribution in [0.25, 0.3) is 0 Å². The quantitative estimate of drug-likeness (QED) is 0.928. The molecular formula is C15H13ClFNO3S. The summed E-state index contributed by atoms with van der Waals surface area (Å²) in [4.78, 5) is 11.9. The number of hydrogen-bond donors (Lipinski definition) is 1. The fourth-order valence-electron chi connectivity index (χ4n) is 1.79. The lowest BCUT2D eigenvalue weighted by molar-refractivity contribution is -0.115. The summed E-state index contributed by atoms with van der Waals surface area (Å²) in [5.74, 6) is -1.42. The first kappa shape index (κ1) is 16.5. The van der Waals surface area contributed by atoms with Crippen molar-refractivity contribution in [1.82, 2.24) is 0 Å². The van der Waals surface area contributed by atoms with Gasteiger partial charge in [-0.25, -0.2) is 12.8 Å². The smallest absolute Gasteiger partial charge is 0.242 e. The maximum atomic E-state index is 13.2. The Morgan fingerprint density at radius 2 is 1.86 bits per heavy atom. The van der Waals surface area contributed by atoms with Gasteiger partial charge in [-0.3, -0.25) is 4.79 Å². The molecule has 0 radical (unpaired) electrons. The zero-order valence-corrected chi connectivity index (χ0v) is 13.2. The molecule has 0 heterocycles. The van der Waals surface area contributed by atoms with Gasteiger partial charge in [0.15, 0.2) is 9.84 Å². The number of carbonyl (C=O) groups is 1. The third-order valence-electron chi connectivity index (χ3n) is 3.09. The molecule has 2 rings (SSSR count). The molecule has 1 amide bonds. The average molecular weight is 342 g/mol. The van der Waals surface area contributed by atoms with E-state index in [9.17, 15) is 17.6 Å². The average Bonchev–Trinajstić information content (AvgIpc) is 2.48. The van der Waals surface area contributed by atoms with E-state index in [-0.39, 0.29) is 4.90 Å². The van der Waals surface area contributed by atoms with E-state index in [1.54, 1.807) is 24.3 Å². The maximum absolute atomic E-state index is 13.2. The normalized spacial score (nSPS) is 12.7. The van der Waals surface area contributed by atoms with Crippen LogP contribution in [0.5, 0.6) is 0 Å². The van der Waals surface area contributed by atoms with Crippen molar-refractivity contribution in [3.05, 3.63) is 59.4 Å². The molecular weight excluding hydrogens is 329 g/mol. The Hall–Kier alpha value is -1.92. The second-order valence-electron chi connectivity index (χ2n) is 4.61. The Bertz CT molecular complexity index is 808. The molecule has 1 N–H and O–H groups in total. The van der Waals surface area contributed by atoms with Crippen LogP contribution >= 0.6 is 11.6 Å². The molecule has 0 bridgehead atoms.